The van der Waals surface area contributed by atoms with Gasteiger partial charge in [-0.25, -0.2) is 28.2 Å². The number of allylic oxidation sites excluding steroid dienone is 1. The highest BCUT2D eigenvalue weighted by Crippen LogP contribution is 2.46. The van der Waals surface area contributed by atoms with E-state index in [0.29, 0.717) is 59.3 Å². The predicted octanol–water partition coefficient (Wildman–Crippen LogP) is 4.82. The van der Waals surface area contributed by atoms with Crippen LogP contribution in [0.1, 0.15) is 75.0 Å². The first-order valence-electron chi connectivity index (χ1n) is 19.0. The molecule has 56 heavy (non-hydrogen) atoms. The lowest BCUT2D eigenvalue weighted by Gasteiger charge is -2.33. The number of sulfonamides is 1. The summed E-state index contributed by atoms with van der Waals surface area (Å²) in [7, 11) is -3.92. The Morgan fingerprint density at radius 1 is 1.05 bits per heavy atom. The largest absolute Gasteiger partial charge is 0.488 e. The third-order valence-corrected chi connectivity index (χ3v) is 14.7. The first kappa shape index (κ1) is 39.8. The van der Waals surface area contributed by atoms with Gasteiger partial charge in [-0.2, -0.15) is 0 Å². The van der Waals surface area contributed by atoms with Crippen molar-refractivity contribution >= 4 is 56.5 Å². The monoisotopic (exact) mass is 825 g/mol. The lowest BCUT2D eigenvalue weighted by Crippen LogP contribution is -2.59. The second kappa shape index (κ2) is 15.8. The van der Waals surface area contributed by atoms with Crippen molar-refractivity contribution in [2.75, 3.05) is 6.54 Å². The van der Waals surface area contributed by atoms with E-state index < -0.39 is 68.7 Å². The summed E-state index contributed by atoms with van der Waals surface area (Å²) < 4.78 is 34.6. The number of fused-ring (bicyclic) bond motifs is 2. The Labute approximate surface area is 333 Å². The van der Waals surface area contributed by atoms with Crippen LogP contribution in [0.25, 0.3) is 21.4 Å². The van der Waals surface area contributed by atoms with Crippen LogP contribution in [0, 0.1) is 31.6 Å². The molecular weight excluding hydrogens is 779 g/mol. The van der Waals surface area contributed by atoms with Crippen LogP contribution in [-0.4, -0.2) is 92.7 Å². The van der Waals surface area contributed by atoms with Gasteiger partial charge in [0.2, 0.25) is 21.8 Å². The SMILES string of the molecule is CC[C@@H]1C[C@H](C)CCC=C[C@@H]2C[C@@]2(C(=O)NS(=O)(=O)C2CC2)NC(=O)[C@@H]2C[C@@H](Oc3cc(-c4ncc(C)s4)nc(-c4ncc(C)s4)c3)CN2C(=O)[C@H]1NC(=O)O. The number of ether oxygens (including phenoxy) is 1. The number of nitrogens with one attached hydrogen (secondary N) is 3. The van der Waals surface area contributed by atoms with Gasteiger partial charge in [0.25, 0.3) is 5.91 Å². The number of thiazole rings is 2. The molecule has 0 spiro atoms. The third kappa shape index (κ3) is 8.61. The van der Waals surface area contributed by atoms with E-state index in [9.17, 15) is 32.7 Å². The Kier molecular flexibility index (Phi) is 11.3. The van der Waals surface area contributed by atoms with Crippen LogP contribution < -0.4 is 20.1 Å². The molecule has 0 aromatic carbocycles. The van der Waals surface area contributed by atoms with E-state index in [0.717, 1.165) is 16.2 Å². The molecule has 3 fully saturated rings. The van der Waals surface area contributed by atoms with Gasteiger partial charge in [0.05, 0.1) is 11.8 Å². The van der Waals surface area contributed by atoms with Crippen molar-refractivity contribution in [1.29, 1.82) is 0 Å². The quantitative estimate of drug-likeness (QED) is 0.215. The average Bonchev–Trinajstić information content (AvgIpc) is 3.97. The van der Waals surface area contributed by atoms with Gasteiger partial charge in [-0.3, -0.25) is 19.1 Å². The van der Waals surface area contributed by atoms with Gasteiger partial charge in [-0.05, 0) is 64.2 Å². The van der Waals surface area contributed by atoms with Crippen molar-refractivity contribution in [3.8, 4) is 27.2 Å². The summed E-state index contributed by atoms with van der Waals surface area (Å²) in [6.45, 7) is 7.81. The fourth-order valence-electron chi connectivity index (χ4n) is 7.78. The highest BCUT2D eigenvalue weighted by Gasteiger charge is 2.62. The Morgan fingerprint density at radius 2 is 1.71 bits per heavy atom. The number of nitrogens with zero attached hydrogens (tertiary/aromatic N) is 4. The summed E-state index contributed by atoms with van der Waals surface area (Å²) in [5, 5.41) is 16.0. The van der Waals surface area contributed by atoms with Crippen LogP contribution >= 0.6 is 22.7 Å². The topological polar surface area (TPSA) is 210 Å². The van der Waals surface area contributed by atoms with Crippen LogP contribution in [0.15, 0.2) is 36.7 Å². The molecule has 2 aliphatic heterocycles. The van der Waals surface area contributed by atoms with E-state index in [4.69, 9.17) is 9.72 Å². The van der Waals surface area contributed by atoms with Crippen LogP contribution in [-0.2, 0) is 24.4 Å². The fourth-order valence-corrected chi connectivity index (χ4v) is 10.6. The minimum absolute atomic E-state index is 0.0167. The number of hydrogen-bond donors (Lipinski definition) is 4. The fraction of sp³-hybridized carbons (Fsp3) is 0.553. The number of rotatable bonds is 9. The van der Waals surface area contributed by atoms with Crippen LogP contribution in [0.5, 0.6) is 5.75 Å². The van der Waals surface area contributed by atoms with Crippen molar-refractivity contribution in [2.24, 2.45) is 17.8 Å². The zero-order valence-electron chi connectivity index (χ0n) is 31.7. The van der Waals surface area contributed by atoms with Crippen molar-refractivity contribution in [3.05, 3.63) is 46.4 Å². The minimum atomic E-state index is -3.92. The molecule has 4 aliphatic rings. The minimum Gasteiger partial charge on any atom is -0.488 e. The number of aromatic nitrogens is 3. The maximum atomic E-state index is 14.6. The molecule has 7 rings (SSSR count). The van der Waals surface area contributed by atoms with Crippen molar-refractivity contribution < 1.29 is 37.4 Å². The summed E-state index contributed by atoms with van der Waals surface area (Å²) in [6, 6.07) is 1.20. The Bertz CT molecular complexity index is 2090. The number of aryl methyl sites for hydroxylation is 2. The van der Waals surface area contributed by atoms with E-state index in [-0.39, 0.29) is 31.2 Å². The maximum Gasteiger partial charge on any atom is 0.405 e. The van der Waals surface area contributed by atoms with E-state index in [1.54, 1.807) is 24.5 Å². The lowest BCUT2D eigenvalue weighted by molar-refractivity contribution is -0.142. The predicted molar refractivity (Wildman–Crippen MR) is 210 cm³/mol. The number of pyridine rings is 1. The molecule has 4 amide bonds. The highest BCUT2D eigenvalue weighted by molar-refractivity contribution is 7.91. The van der Waals surface area contributed by atoms with Gasteiger partial charge in [-0.1, -0.05) is 32.4 Å². The third-order valence-electron chi connectivity index (χ3n) is 11.0. The molecular formula is C38H47N7O8S3. The molecule has 0 bridgehead atoms. The van der Waals surface area contributed by atoms with E-state index >= 15 is 0 Å². The molecule has 3 aromatic heterocycles. The van der Waals surface area contributed by atoms with Gasteiger partial charge in [0.15, 0.2) is 0 Å². The zero-order valence-corrected chi connectivity index (χ0v) is 34.1. The molecule has 3 aromatic rings. The first-order chi connectivity index (χ1) is 26.6. The van der Waals surface area contributed by atoms with E-state index in [1.165, 1.54) is 27.6 Å². The molecule has 5 heterocycles. The smallest absolute Gasteiger partial charge is 0.405 e. The Morgan fingerprint density at radius 3 is 2.29 bits per heavy atom. The van der Waals surface area contributed by atoms with Gasteiger partial charge in [0.1, 0.15) is 50.9 Å². The Hall–Kier alpha value is -4.42. The van der Waals surface area contributed by atoms with Gasteiger partial charge < -0.3 is 25.4 Å². The molecule has 0 radical (unpaired) electrons. The van der Waals surface area contributed by atoms with Crippen molar-refractivity contribution in [3.63, 3.8) is 0 Å². The number of carboxylic acid groups (broad SMARTS) is 1. The van der Waals surface area contributed by atoms with Crippen LogP contribution in [0.2, 0.25) is 0 Å². The first-order valence-corrected chi connectivity index (χ1v) is 22.2. The second-order valence-corrected chi connectivity index (χ2v) is 19.9. The summed E-state index contributed by atoms with van der Waals surface area (Å²) in [5.41, 5.74) is -0.401. The number of hydrogen-bond acceptors (Lipinski definition) is 12. The molecule has 18 heteroatoms. The second-order valence-electron chi connectivity index (χ2n) is 15.5. The molecule has 300 valence electrons. The molecule has 15 nitrogen and oxygen atoms in total. The summed E-state index contributed by atoms with van der Waals surface area (Å²) >= 11 is 2.95. The standard InChI is InChI=1S/C38H47N7O8S3/c1-5-23-12-20(2)8-6-7-9-24-16-38(24,36(48)44-56(51,52)27-10-11-27)43-32(46)30-15-26(19-45(30)35(47)31(23)42-37(49)50)53-25-13-28(33-39-17-21(3)54-33)41-29(14-25)34-40-18-22(4)55-34/h7,9,13-14,17-18,20,23-24,26-27,30-31,42H,5-6,8,10-12,15-16,19H2,1-4H3,(H,43,46)(H,44,48)(H,49,50)/t20-,23-,24-,26-,30+,31+,38-/m1/s1. The molecule has 7 atom stereocenters. The number of carbonyl (C=O) groups is 4. The van der Waals surface area contributed by atoms with Crippen molar-refractivity contribution in [1.82, 2.24) is 35.2 Å². The lowest BCUT2D eigenvalue weighted by atomic mass is 9.85. The molecule has 4 N–H and O–H groups in total. The normalized spacial score (nSPS) is 28.3. The molecule has 2 saturated carbocycles. The average molecular weight is 826 g/mol. The number of amides is 4. The van der Waals surface area contributed by atoms with Gasteiger partial charge in [-0.15, -0.1) is 22.7 Å². The van der Waals surface area contributed by atoms with E-state index in [1.807, 2.05) is 32.9 Å². The van der Waals surface area contributed by atoms with Gasteiger partial charge in [0, 0.05) is 46.6 Å². The summed E-state index contributed by atoms with van der Waals surface area (Å²) in [4.78, 5) is 72.3. The van der Waals surface area contributed by atoms with E-state index in [2.05, 4.69) is 32.2 Å². The summed E-state index contributed by atoms with van der Waals surface area (Å²) in [6.07, 6.45) is 8.83. The maximum absolute atomic E-state index is 14.6. The summed E-state index contributed by atoms with van der Waals surface area (Å²) in [5.74, 6) is -2.31. The highest BCUT2D eigenvalue weighted by atomic mass is 32.2. The molecule has 0 unspecified atom stereocenters. The Balaban J connectivity index is 1.24. The molecule has 2 aliphatic carbocycles. The number of carbonyl (C=O) groups excluding carboxylic acids is 3. The van der Waals surface area contributed by atoms with Crippen LogP contribution in [0.3, 0.4) is 0 Å². The zero-order chi connectivity index (χ0) is 39.9. The van der Waals surface area contributed by atoms with Crippen LogP contribution in [0.4, 0.5) is 4.79 Å². The van der Waals surface area contributed by atoms with Gasteiger partial charge >= 0.3 is 6.09 Å². The molecule has 1 saturated heterocycles. The van der Waals surface area contributed by atoms with Crippen molar-refractivity contribution in [2.45, 2.75) is 108 Å².